The van der Waals surface area contributed by atoms with E-state index >= 15 is 0 Å². The summed E-state index contributed by atoms with van der Waals surface area (Å²) in [5, 5.41) is 48.4. The average Bonchev–Trinajstić information content (AvgIpc) is 3.48. The quantitative estimate of drug-likeness (QED) is 0.342. The van der Waals surface area contributed by atoms with Gasteiger partial charge in [-0.3, -0.25) is 0 Å². The van der Waals surface area contributed by atoms with Gasteiger partial charge in [0.1, 0.15) is 36.6 Å². The van der Waals surface area contributed by atoms with Gasteiger partial charge in [0.05, 0.1) is 27.4 Å². The summed E-state index contributed by atoms with van der Waals surface area (Å²) >= 11 is 0. The molecule has 0 radical (unpaired) electrons. The molecule has 0 spiro atoms. The van der Waals surface area contributed by atoms with Gasteiger partial charge in [-0.2, -0.15) is 0 Å². The highest BCUT2D eigenvalue weighted by atomic mass is 16.7. The number of hydrogen-bond donors (Lipinski definition) is 5. The van der Waals surface area contributed by atoms with Crippen molar-refractivity contribution in [2.45, 2.75) is 42.9 Å². The summed E-state index contributed by atoms with van der Waals surface area (Å²) in [5.41, 5.74) is 0.712. The number of ether oxygens (including phenoxy) is 5. The summed E-state index contributed by atoms with van der Waals surface area (Å²) in [6.45, 7) is -0.683. The fourth-order valence-electron chi connectivity index (χ4n) is 3.04. The van der Waals surface area contributed by atoms with Gasteiger partial charge in [-0.15, -0.1) is 0 Å². The smallest absolute Gasteiger partial charge is 0.229 e. The second-order valence-corrected chi connectivity index (χ2v) is 6.35. The van der Waals surface area contributed by atoms with E-state index in [-0.39, 0.29) is 36.1 Å². The number of hydrogen-bond acceptors (Lipinski definition) is 10. The van der Waals surface area contributed by atoms with Crippen LogP contribution in [-0.2, 0) is 9.47 Å². The molecule has 2 aliphatic rings. The number of rotatable bonds is 7. The second kappa shape index (κ2) is 8.15. The molecule has 2 saturated heterocycles. The number of benzene rings is 1. The third-order valence-electron chi connectivity index (χ3n) is 4.66. The topological polar surface area (TPSA) is 151 Å². The zero-order valence-corrected chi connectivity index (χ0v) is 14.9. The van der Waals surface area contributed by atoms with E-state index in [0.717, 1.165) is 0 Å². The summed E-state index contributed by atoms with van der Waals surface area (Å²) in [5.74, 6) is 0.622. The Morgan fingerprint density at radius 2 is 1.44 bits per heavy atom. The van der Waals surface area contributed by atoms with Crippen LogP contribution in [-0.4, -0.2) is 89.8 Å². The molecule has 2 fully saturated rings. The molecule has 0 bridgehead atoms. The Labute approximate surface area is 155 Å². The maximum Gasteiger partial charge on any atom is 0.229 e. The van der Waals surface area contributed by atoms with Crippen molar-refractivity contribution in [1.29, 1.82) is 0 Å². The van der Waals surface area contributed by atoms with Crippen LogP contribution >= 0.6 is 0 Å². The third-order valence-corrected chi connectivity index (χ3v) is 4.66. The van der Waals surface area contributed by atoms with E-state index in [0.29, 0.717) is 5.56 Å². The van der Waals surface area contributed by atoms with Crippen LogP contribution in [0.4, 0.5) is 0 Å². The first kappa shape index (κ1) is 20.1. The highest BCUT2D eigenvalue weighted by molar-refractivity contribution is 5.55. The van der Waals surface area contributed by atoms with Crippen LogP contribution in [0, 0.1) is 0 Å². The largest absolute Gasteiger partial charge is 0.493 e. The van der Waals surface area contributed by atoms with Crippen molar-refractivity contribution < 1.29 is 49.2 Å². The first-order chi connectivity index (χ1) is 12.9. The van der Waals surface area contributed by atoms with Gasteiger partial charge in [-0.25, -0.2) is 0 Å². The molecule has 0 aliphatic carbocycles. The van der Waals surface area contributed by atoms with Crippen molar-refractivity contribution in [3.63, 3.8) is 0 Å². The van der Waals surface area contributed by atoms with Crippen LogP contribution in [0.3, 0.4) is 0 Å². The van der Waals surface area contributed by atoms with Gasteiger partial charge in [-0.1, -0.05) is 0 Å². The Balaban J connectivity index is 1.87. The highest BCUT2D eigenvalue weighted by Gasteiger charge is 2.45. The molecule has 7 atom stereocenters. The predicted octanol–water partition coefficient (Wildman–Crippen LogP) is -1.69. The highest BCUT2D eigenvalue weighted by Crippen LogP contribution is 2.46. The molecule has 10 nitrogen and oxygen atoms in total. The van der Waals surface area contributed by atoms with E-state index in [1.165, 1.54) is 14.2 Å². The lowest BCUT2D eigenvalue weighted by Crippen LogP contribution is -2.60. The molecular weight excluding hydrogens is 364 g/mol. The van der Waals surface area contributed by atoms with Crippen LogP contribution in [0.25, 0.3) is 0 Å². The van der Waals surface area contributed by atoms with Crippen molar-refractivity contribution in [3.8, 4) is 17.2 Å². The fourth-order valence-corrected chi connectivity index (χ4v) is 3.04. The molecule has 10 heteroatoms. The molecule has 152 valence electrons. The maximum absolute atomic E-state index is 10.2. The molecule has 1 aromatic carbocycles. The van der Waals surface area contributed by atoms with Crippen molar-refractivity contribution in [2.24, 2.45) is 0 Å². The average molecular weight is 388 g/mol. The van der Waals surface area contributed by atoms with Gasteiger partial charge in [-0.05, 0) is 17.7 Å². The molecular formula is C17H24O10. The molecule has 0 unspecified atom stereocenters. The van der Waals surface area contributed by atoms with E-state index in [4.69, 9.17) is 28.8 Å². The van der Waals surface area contributed by atoms with Crippen LogP contribution in [0.1, 0.15) is 11.7 Å². The van der Waals surface area contributed by atoms with Gasteiger partial charge < -0.3 is 49.2 Å². The molecule has 3 rings (SSSR count). The molecule has 0 amide bonds. The lowest BCUT2D eigenvalue weighted by molar-refractivity contribution is -0.277. The normalized spacial score (nSPS) is 35.6. The molecule has 27 heavy (non-hydrogen) atoms. The van der Waals surface area contributed by atoms with Gasteiger partial charge in [0, 0.05) is 0 Å². The fraction of sp³-hybridized carbons (Fsp3) is 0.647. The number of epoxide rings is 1. The lowest BCUT2D eigenvalue weighted by Gasteiger charge is -2.39. The van der Waals surface area contributed by atoms with E-state index in [9.17, 15) is 20.4 Å². The van der Waals surface area contributed by atoms with Crippen molar-refractivity contribution in [2.75, 3.05) is 27.4 Å². The second-order valence-electron chi connectivity index (χ2n) is 6.35. The predicted molar refractivity (Wildman–Crippen MR) is 88.6 cm³/mol. The minimum atomic E-state index is -1.57. The number of aliphatic hydroxyl groups excluding tert-OH is 5. The summed E-state index contributed by atoms with van der Waals surface area (Å²) in [4.78, 5) is 0. The summed E-state index contributed by atoms with van der Waals surface area (Å²) in [7, 11) is 2.83. The van der Waals surface area contributed by atoms with Crippen molar-refractivity contribution in [3.05, 3.63) is 17.7 Å². The Morgan fingerprint density at radius 1 is 0.852 bits per heavy atom. The first-order valence-corrected chi connectivity index (χ1v) is 8.44. The van der Waals surface area contributed by atoms with E-state index in [1.54, 1.807) is 12.1 Å². The van der Waals surface area contributed by atoms with Gasteiger partial charge in [0.2, 0.25) is 12.0 Å². The van der Waals surface area contributed by atoms with Crippen molar-refractivity contribution in [1.82, 2.24) is 0 Å². The molecule has 1 aromatic rings. The summed E-state index contributed by atoms with van der Waals surface area (Å²) in [6, 6.07) is 3.28. The third kappa shape index (κ3) is 3.83. The lowest BCUT2D eigenvalue weighted by atomic mass is 9.99. The molecule has 0 aromatic heterocycles. The van der Waals surface area contributed by atoms with E-state index in [1.807, 2.05) is 0 Å². The minimum absolute atomic E-state index is 0.106. The zero-order valence-electron chi connectivity index (χ0n) is 14.9. The number of methoxy groups -OCH3 is 2. The van der Waals surface area contributed by atoms with Crippen LogP contribution in [0.5, 0.6) is 17.2 Å². The maximum atomic E-state index is 10.2. The Bertz CT molecular complexity index is 626. The van der Waals surface area contributed by atoms with Gasteiger partial charge in [0.25, 0.3) is 0 Å². The van der Waals surface area contributed by atoms with Gasteiger partial charge >= 0.3 is 0 Å². The summed E-state index contributed by atoms with van der Waals surface area (Å²) < 4.78 is 27.1. The Morgan fingerprint density at radius 3 is 1.93 bits per heavy atom. The molecule has 2 aliphatic heterocycles. The van der Waals surface area contributed by atoms with E-state index < -0.39 is 37.3 Å². The van der Waals surface area contributed by atoms with Crippen molar-refractivity contribution >= 4 is 0 Å². The van der Waals surface area contributed by atoms with Gasteiger partial charge in [0.15, 0.2) is 11.5 Å². The van der Waals surface area contributed by atoms with Crippen LogP contribution in [0.15, 0.2) is 12.1 Å². The molecule has 2 heterocycles. The molecule has 0 saturated carbocycles. The zero-order chi connectivity index (χ0) is 19.7. The SMILES string of the molecule is COc1cc([C@H]2O[C@@H]2CO)cc(OC)c1O[C@@H]1O[C@H](CO)[C@@H](O)[C@H](O)[C@H]1O. The monoisotopic (exact) mass is 388 g/mol. The number of aliphatic hydroxyl groups is 5. The standard InChI is InChI=1S/C17H24O10/c1-23-8-3-7(15-11(6-19)25-15)4-9(24-2)16(8)27-17-14(22)13(21)12(20)10(5-18)26-17/h3-4,10-15,17-22H,5-6H2,1-2H3/t10-,11-,12-,13+,14-,15-,17+/m1/s1. The summed E-state index contributed by atoms with van der Waals surface area (Å²) in [6.07, 6.45) is -7.69. The van der Waals surface area contributed by atoms with Crippen LogP contribution in [0.2, 0.25) is 0 Å². The first-order valence-electron chi connectivity index (χ1n) is 8.44. The van der Waals surface area contributed by atoms with Crippen LogP contribution < -0.4 is 14.2 Å². The minimum Gasteiger partial charge on any atom is -0.493 e. The Hall–Kier alpha value is -1.66. The molecule has 5 N–H and O–H groups in total. The van der Waals surface area contributed by atoms with E-state index in [2.05, 4.69) is 0 Å². The Kier molecular flexibility index (Phi) is 6.06.